The molecule has 0 bridgehead atoms. The van der Waals surface area contributed by atoms with Crippen LogP contribution in [0.4, 0.5) is 0 Å². The average molecular weight is 277 g/mol. The van der Waals surface area contributed by atoms with Gasteiger partial charge >= 0.3 is 0 Å². The normalized spacial score (nSPS) is 21.0. The van der Waals surface area contributed by atoms with Crippen LogP contribution in [0, 0.1) is 5.92 Å². The molecule has 1 aliphatic heterocycles. The lowest BCUT2D eigenvalue weighted by Crippen LogP contribution is -2.37. The molecule has 3 heteroatoms. The number of nitrogens with zero attached hydrogens (tertiary/aromatic N) is 3. The van der Waals surface area contributed by atoms with E-state index in [1.807, 2.05) is 6.20 Å². The lowest BCUT2D eigenvalue weighted by atomic mass is 10.0. The molecule has 20 heavy (non-hydrogen) atoms. The van der Waals surface area contributed by atoms with Gasteiger partial charge in [-0.25, -0.2) is 0 Å². The Morgan fingerprint density at radius 3 is 2.75 bits per heavy atom. The largest absolute Gasteiger partial charge is 0.301 e. The number of hydrogen-bond donors (Lipinski definition) is 0. The summed E-state index contributed by atoms with van der Waals surface area (Å²) in [7, 11) is 0. The van der Waals surface area contributed by atoms with E-state index in [9.17, 15) is 0 Å². The predicted molar refractivity (Wildman–Crippen MR) is 85.1 cm³/mol. The van der Waals surface area contributed by atoms with Crippen molar-refractivity contribution < 1.29 is 0 Å². The highest BCUT2D eigenvalue weighted by Gasteiger charge is 2.21. The molecule has 3 nitrogen and oxygen atoms in total. The molecular weight excluding hydrogens is 246 g/mol. The number of rotatable bonds is 6. The second kappa shape index (κ2) is 7.26. The minimum Gasteiger partial charge on any atom is -0.301 e. The lowest BCUT2D eigenvalue weighted by Gasteiger charge is -2.33. The van der Waals surface area contributed by atoms with Crippen molar-refractivity contribution in [3.8, 4) is 0 Å². The molecule has 2 rings (SSSR count). The first kappa shape index (κ1) is 15.6. The summed E-state index contributed by atoms with van der Waals surface area (Å²) in [5.74, 6) is 1.41. The van der Waals surface area contributed by atoms with Gasteiger partial charge in [0.25, 0.3) is 0 Å². The summed E-state index contributed by atoms with van der Waals surface area (Å²) in [4.78, 5) is 2.63. The quantitative estimate of drug-likeness (QED) is 0.781. The number of hydrogen-bond acceptors (Lipinski definition) is 2. The number of aromatic nitrogens is 2. The van der Waals surface area contributed by atoms with Crippen molar-refractivity contribution in [2.75, 3.05) is 19.6 Å². The van der Waals surface area contributed by atoms with Gasteiger partial charge in [-0.05, 0) is 56.2 Å². The Labute approximate surface area is 124 Å². The lowest BCUT2D eigenvalue weighted by molar-refractivity contribution is 0.166. The molecule has 1 aromatic rings. The van der Waals surface area contributed by atoms with Gasteiger partial charge in [-0.1, -0.05) is 27.7 Å². The Morgan fingerprint density at radius 1 is 1.30 bits per heavy atom. The Balaban J connectivity index is 1.86. The van der Waals surface area contributed by atoms with Crippen LogP contribution in [0.25, 0.3) is 0 Å². The van der Waals surface area contributed by atoms with Crippen molar-refractivity contribution in [3.63, 3.8) is 0 Å². The smallest absolute Gasteiger partial charge is 0.0646 e. The first-order valence-corrected chi connectivity index (χ1v) is 8.32. The Kier molecular flexibility index (Phi) is 5.64. The summed E-state index contributed by atoms with van der Waals surface area (Å²) in [5, 5.41) is 4.59. The van der Waals surface area contributed by atoms with Crippen LogP contribution in [0.3, 0.4) is 0 Å². The monoisotopic (exact) mass is 277 g/mol. The maximum Gasteiger partial charge on any atom is 0.0646 e. The Bertz CT molecular complexity index is 395. The predicted octanol–water partition coefficient (Wildman–Crippen LogP) is 4.08. The molecular formula is C17H31N3. The van der Waals surface area contributed by atoms with Gasteiger partial charge in [0.05, 0.1) is 12.2 Å². The van der Waals surface area contributed by atoms with Crippen LogP contribution in [0.15, 0.2) is 12.4 Å². The first-order valence-electron chi connectivity index (χ1n) is 8.32. The summed E-state index contributed by atoms with van der Waals surface area (Å²) >= 11 is 0. The molecule has 1 aliphatic rings. The van der Waals surface area contributed by atoms with Crippen LogP contribution in [0.5, 0.6) is 0 Å². The van der Waals surface area contributed by atoms with Crippen LogP contribution >= 0.6 is 0 Å². The van der Waals surface area contributed by atoms with Crippen molar-refractivity contribution in [3.05, 3.63) is 18.0 Å². The van der Waals surface area contributed by atoms with Crippen molar-refractivity contribution >= 4 is 0 Å². The molecule has 114 valence electrons. The van der Waals surface area contributed by atoms with Crippen LogP contribution in [0.1, 0.15) is 70.9 Å². The van der Waals surface area contributed by atoms with Crippen molar-refractivity contribution in [2.24, 2.45) is 5.92 Å². The SMILES string of the molecule is CC(C)CCCN1CCC[C@H](n2cc(C(C)C)cn2)C1. The summed E-state index contributed by atoms with van der Waals surface area (Å²) in [5.41, 5.74) is 1.36. The topological polar surface area (TPSA) is 21.1 Å². The molecule has 0 aromatic carbocycles. The maximum atomic E-state index is 4.59. The molecule has 0 unspecified atom stereocenters. The zero-order valence-corrected chi connectivity index (χ0v) is 13.7. The van der Waals surface area contributed by atoms with E-state index in [0.717, 1.165) is 5.92 Å². The van der Waals surface area contributed by atoms with Gasteiger partial charge in [-0.2, -0.15) is 5.10 Å². The average Bonchev–Trinajstić information content (AvgIpc) is 2.88. The van der Waals surface area contributed by atoms with Crippen LogP contribution in [-0.4, -0.2) is 34.3 Å². The molecule has 0 N–H and O–H groups in total. The van der Waals surface area contributed by atoms with Crippen molar-refractivity contribution in [2.45, 2.75) is 65.3 Å². The third kappa shape index (κ3) is 4.34. The summed E-state index contributed by atoms with van der Waals surface area (Å²) in [6, 6.07) is 0.579. The molecule has 1 aromatic heterocycles. The second-order valence-corrected chi connectivity index (χ2v) is 7.04. The zero-order chi connectivity index (χ0) is 14.5. The van der Waals surface area contributed by atoms with Crippen LogP contribution in [-0.2, 0) is 0 Å². The zero-order valence-electron chi connectivity index (χ0n) is 13.7. The molecule has 1 fully saturated rings. The molecule has 0 radical (unpaired) electrons. The van der Waals surface area contributed by atoms with Crippen molar-refractivity contribution in [1.29, 1.82) is 0 Å². The third-order valence-corrected chi connectivity index (χ3v) is 4.40. The van der Waals surface area contributed by atoms with Gasteiger partial charge in [-0.15, -0.1) is 0 Å². The third-order valence-electron chi connectivity index (χ3n) is 4.40. The molecule has 1 saturated heterocycles. The molecule has 0 aliphatic carbocycles. The highest BCUT2D eigenvalue weighted by atomic mass is 15.3. The minimum absolute atomic E-state index is 0.578. The van der Waals surface area contributed by atoms with E-state index in [1.54, 1.807) is 0 Å². The van der Waals surface area contributed by atoms with Gasteiger partial charge in [0.1, 0.15) is 0 Å². The van der Waals surface area contributed by atoms with Gasteiger partial charge in [0, 0.05) is 12.7 Å². The molecule has 1 atom stereocenters. The molecule has 0 saturated carbocycles. The van der Waals surface area contributed by atoms with E-state index in [2.05, 4.69) is 48.6 Å². The van der Waals surface area contributed by atoms with Gasteiger partial charge < -0.3 is 4.90 Å². The Morgan fingerprint density at radius 2 is 2.10 bits per heavy atom. The van der Waals surface area contributed by atoms with E-state index in [-0.39, 0.29) is 0 Å². The fourth-order valence-electron chi connectivity index (χ4n) is 3.02. The highest BCUT2D eigenvalue weighted by Crippen LogP contribution is 2.23. The maximum absolute atomic E-state index is 4.59. The Hall–Kier alpha value is -0.830. The summed E-state index contributed by atoms with van der Waals surface area (Å²) in [6.45, 7) is 12.8. The van der Waals surface area contributed by atoms with Crippen LogP contribution < -0.4 is 0 Å². The van der Waals surface area contributed by atoms with E-state index < -0.39 is 0 Å². The fourth-order valence-corrected chi connectivity index (χ4v) is 3.02. The van der Waals surface area contributed by atoms with E-state index in [0.29, 0.717) is 12.0 Å². The minimum atomic E-state index is 0.578. The molecule has 2 heterocycles. The van der Waals surface area contributed by atoms with Gasteiger partial charge in [0.2, 0.25) is 0 Å². The first-order chi connectivity index (χ1) is 9.56. The van der Waals surface area contributed by atoms with E-state index in [1.165, 1.54) is 50.9 Å². The fraction of sp³-hybridized carbons (Fsp3) is 0.824. The second-order valence-electron chi connectivity index (χ2n) is 7.04. The van der Waals surface area contributed by atoms with Gasteiger partial charge in [-0.3, -0.25) is 4.68 Å². The van der Waals surface area contributed by atoms with Gasteiger partial charge in [0.15, 0.2) is 0 Å². The van der Waals surface area contributed by atoms with E-state index >= 15 is 0 Å². The van der Waals surface area contributed by atoms with Crippen LogP contribution in [0.2, 0.25) is 0 Å². The molecule has 0 spiro atoms. The summed E-state index contributed by atoms with van der Waals surface area (Å²) in [6.07, 6.45) is 9.57. The number of piperidine rings is 1. The van der Waals surface area contributed by atoms with Crippen molar-refractivity contribution in [1.82, 2.24) is 14.7 Å². The molecule has 0 amide bonds. The van der Waals surface area contributed by atoms with E-state index in [4.69, 9.17) is 0 Å². The number of likely N-dealkylation sites (tertiary alicyclic amines) is 1. The summed E-state index contributed by atoms with van der Waals surface area (Å²) < 4.78 is 2.21. The highest BCUT2D eigenvalue weighted by molar-refractivity contribution is 5.09. The standard InChI is InChI=1S/C17H31N3/c1-14(2)7-5-9-19-10-6-8-17(13-19)20-12-16(11-18-20)15(3)4/h11-12,14-15,17H,5-10,13H2,1-4H3/t17-/m0/s1.